The molecule has 4 aliphatic rings. The lowest BCUT2D eigenvalue weighted by Gasteiger charge is -2.66. The third-order valence-corrected chi connectivity index (χ3v) is 5.97. The highest BCUT2D eigenvalue weighted by Crippen LogP contribution is 2.72. The highest BCUT2D eigenvalue weighted by molar-refractivity contribution is 5.28. The number of allylic oxidation sites excluding steroid dienone is 2. The number of fused-ring (bicyclic) bond motifs is 1. The van der Waals surface area contributed by atoms with Crippen LogP contribution in [0.25, 0.3) is 0 Å². The second kappa shape index (κ2) is 2.70. The van der Waals surface area contributed by atoms with Gasteiger partial charge < -0.3 is 0 Å². The molecule has 4 rings (SSSR count). The molecule has 0 N–H and O–H groups in total. The van der Waals surface area contributed by atoms with E-state index >= 15 is 0 Å². The fraction of sp³-hybridized carbons (Fsp3) is 0.867. The molecule has 0 aromatic rings. The molecule has 0 heteroatoms. The summed E-state index contributed by atoms with van der Waals surface area (Å²) in [5.74, 6) is 2.92. The molecule has 0 spiro atoms. The van der Waals surface area contributed by atoms with E-state index in [-0.39, 0.29) is 0 Å². The summed E-state index contributed by atoms with van der Waals surface area (Å²) >= 11 is 0. The van der Waals surface area contributed by atoms with E-state index in [2.05, 4.69) is 33.8 Å². The van der Waals surface area contributed by atoms with Crippen molar-refractivity contribution in [1.29, 1.82) is 0 Å². The maximum Gasteiger partial charge on any atom is -0.0113 e. The van der Waals surface area contributed by atoms with Gasteiger partial charge in [0, 0.05) is 0 Å². The van der Waals surface area contributed by atoms with E-state index < -0.39 is 0 Å². The summed E-state index contributed by atoms with van der Waals surface area (Å²) in [7, 11) is 0. The van der Waals surface area contributed by atoms with Gasteiger partial charge in [0.15, 0.2) is 0 Å². The molecule has 0 radical (unpaired) electrons. The highest BCUT2D eigenvalue weighted by atomic mass is 14.7. The minimum absolute atomic E-state index is 0.598. The molecule has 0 nitrogen and oxygen atoms in total. The summed E-state index contributed by atoms with van der Waals surface area (Å²) in [4.78, 5) is 0. The third-order valence-electron chi connectivity index (χ3n) is 5.97. The van der Waals surface area contributed by atoms with E-state index in [1.54, 1.807) is 5.57 Å². The van der Waals surface area contributed by atoms with Crippen molar-refractivity contribution in [1.82, 2.24) is 0 Å². The Bertz CT molecular complexity index is 323. The van der Waals surface area contributed by atoms with Crippen LogP contribution in [0.2, 0.25) is 0 Å². The molecule has 2 fully saturated rings. The average Bonchev–Trinajstić information content (AvgIpc) is 2.30. The predicted molar refractivity (Wildman–Crippen MR) is 64.6 cm³/mol. The van der Waals surface area contributed by atoms with Gasteiger partial charge in [-0.1, -0.05) is 38.8 Å². The Morgan fingerprint density at radius 2 is 1.93 bits per heavy atom. The Morgan fingerprint density at radius 1 is 1.20 bits per heavy atom. The van der Waals surface area contributed by atoms with Crippen LogP contribution in [-0.2, 0) is 0 Å². The van der Waals surface area contributed by atoms with Gasteiger partial charge in [0.1, 0.15) is 0 Å². The van der Waals surface area contributed by atoms with Crippen molar-refractivity contribution in [3.63, 3.8) is 0 Å². The van der Waals surface area contributed by atoms with Crippen molar-refractivity contribution in [2.75, 3.05) is 0 Å². The van der Waals surface area contributed by atoms with E-state index in [4.69, 9.17) is 0 Å². The zero-order chi connectivity index (χ0) is 10.8. The van der Waals surface area contributed by atoms with Crippen LogP contribution in [0.5, 0.6) is 0 Å². The monoisotopic (exact) mass is 204 g/mol. The van der Waals surface area contributed by atoms with E-state index in [1.807, 2.05) is 0 Å². The quantitative estimate of drug-likeness (QED) is 0.513. The van der Waals surface area contributed by atoms with Gasteiger partial charge in [0.2, 0.25) is 0 Å². The van der Waals surface area contributed by atoms with Crippen LogP contribution in [0.3, 0.4) is 0 Å². The van der Waals surface area contributed by atoms with Crippen molar-refractivity contribution in [2.45, 2.75) is 53.4 Å². The Hall–Kier alpha value is -0.260. The van der Waals surface area contributed by atoms with Crippen molar-refractivity contribution in [2.24, 2.45) is 28.6 Å². The standard InChI is InChI=1S/C15H24/c1-10-6-7-11-13-12(10)15(11,4)9-5-8-14(13,2)3/h6,11-13H,5,7-9H2,1-4H3/t11-,12+,13-,15+/m1/s1. The Kier molecular flexibility index (Phi) is 1.79. The third kappa shape index (κ3) is 1.04. The fourth-order valence-electron chi connectivity index (χ4n) is 5.25. The first-order chi connectivity index (χ1) is 6.97. The van der Waals surface area contributed by atoms with Crippen LogP contribution in [0.15, 0.2) is 11.6 Å². The lowest BCUT2D eigenvalue weighted by molar-refractivity contribution is -0.138. The van der Waals surface area contributed by atoms with Gasteiger partial charge in [-0.15, -0.1) is 0 Å². The topological polar surface area (TPSA) is 0 Å². The van der Waals surface area contributed by atoms with Crippen LogP contribution in [0.4, 0.5) is 0 Å². The van der Waals surface area contributed by atoms with Gasteiger partial charge in [-0.2, -0.15) is 0 Å². The molecule has 0 aromatic heterocycles. The molecule has 4 atom stereocenters. The van der Waals surface area contributed by atoms with Crippen molar-refractivity contribution >= 4 is 0 Å². The smallest absolute Gasteiger partial charge is 0.0113 e. The predicted octanol–water partition coefficient (Wildman–Crippen LogP) is 4.42. The molecular formula is C15H24. The zero-order valence-electron chi connectivity index (χ0n) is 10.6. The lowest BCUT2D eigenvalue weighted by Crippen LogP contribution is -2.60. The fourth-order valence-corrected chi connectivity index (χ4v) is 5.25. The van der Waals surface area contributed by atoms with E-state index in [1.165, 1.54) is 25.7 Å². The number of hydrogen-bond acceptors (Lipinski definition) is 0. The van der Waals surface area contributed by atoms with Gasteiger partial charge in [-0.05, 0) is 54.8 Å². The molecule has 84 valence electrons. The molecule has 2 saturated carbocycles. The first kappa shape index (κ1) is 9.93. The summed E-state index contributed by atoms with van der Waals surface area (Å²) in [6.07, 6.45) is 8.28. The minimum atomic E-state index is 0.598. The van der Waals surface area contributed by atoms with Gasteiger partial charge in [-0.25, -0.2) is 0 Å². The molecule has 4 aliphatic carbocycles. The van der Waals surface area contributed by atoms with Crippen molar-refractivity contribution in [3.8, 4) is 0 Å². The molecule has 0 unspecified atom stereocenters. The molecule has 0 amide bonds. The maximum atomic E-state index is 2.57. The van der Waals surface area contributed by atoms with Gasteiger partial charge in [-0.3, -0.25) is 0 Å². The summed E-state index contributed by atoms with van der Waals surface area (Å²) < 4.78 is 0. The van der Waals surface area contributed by atoms with Crippen LogP contribution in [0.1, 0.15) is 53.4 Å². The summed E-state index contributed by atoms with van der Waals surface area (Å²) in [5, 5.41) is 0. The number of rotatable bonds is 0. The molecule has 0 aliphatic heterocycles. The summed E-state index contributed by atoms with van der Waals surface area (Å²) in [6.45, 7) is 9.98. The average molecular weight is 204 g/mol. The molecule has 15 heavy (non-hydrogen) atoms. The Morgan fingerprint density at radius 3 is 2.60 bits per heavy atom. The summed E-state index contributed by atoms with van der Waals surface area (Å²) in [6, 6.07) is 0. The van der Waals surface area contributed by atoms with Crippen LogP contribution >= 0.6 is 0 Å². The first-order valence-corrected chi connectivity index (χ1v) is 6.63. The maximum absolute atomic E-state index is 2.57. The van der Waals surface area contributed by atoms with Gasteiger partial charge in [0.05, 0.1) is 0 Å². The Balaban J connectivity index is 2.06. The molecule has 0 aromatic carbocycles. The SMILES string of the molecule is CC1=CC[C@@H]2[C@@H]3[C@H]1[C@@]2(C)CCCC3(C)C. The molecule has 4 bridgehead atoms. The second-order valence-electron chi connectivity index (χ2n) is 7.14. The highest BCUT2D eigenvalue weighted by Gasteiger charge is 2.64. The van der Waals surface area contributed by atoms with Crippen LogP contribution < -0.4 is 0 Å². The van der Waals surface area contributed by atoms with Crippen molar-refractivity contribution in [3.05, 3.63) is 11.6 Å². The van der Waals surface area contributed by atoms with Gasteiger partial charge in [0.25, 0.3) is 0 Å². The Labute approximate surface area is 94.1 Å². The summed E-state index contributed by atoms with van der Waals surface area (Å²) in [5.41, 5.74) is 2.98. The molecule has 0 saturated heterocycles. The molecule has 0 heterocycles. The first-order valence-electron chi connectivity index (χ1n) is 6.63. The van der Waals surface area contributed by atoms with Crippen LogP contribution in [-0.4, -0.2) is 0 Å². The van der Waals surface area contributed by atoms with E-state index in [0.717, 1.165) is 17.8 Å². The van der Waals surface area contributed by atoms with Gasteiger partial charge >= 0.3 is 0 Å². The van der Waals surface area contributed by atoms with Crippen molar-refractivity contribution < 1.29 is 0 Å². The molecular weight excluding hydrogens is 180 g/mol. The number of hydrogen-bond donors (Lipinski definition) is 0. The second-order valence-corrected chi connectivity index (χ2v) is 7.14. The minimum Gasteiger partial charge on any atom is -0.0850 e. The lowest BCUT2D eigenvalue weighted by atomic mass is 9.38. The van der Waals surface area contributed by atoms with E-state index in [9.17, 15) is 0 Å². The normalized spacial score (nSPS) is 51.5. The zero-order valence-corrected chi connectivity index (χ0v) is 10.6. The largest absolute Gasteiger partial charge is 0.0850 e. The van der Waals surface area contributed by atoms with E-state index in [0.29, 0.717) is 10.8 Å². The van der Waals surface area contributed by atoms with Crippen LogP contribution in [0, 0.1) is 28.6 Å².